The van der Waals surface area contributed by atoms with Crippen LogP contribution in [0, 0.1) is 0 Å². The van der Waals surface area contributed by atoms with E-state index in [0.29, 0.717) is 16.6 Å². The SMILES string of the molecule is CO/C=C\c1cn(C2OC(CO)[C@@H](O)C2(C)O)c2ncnc(N)c12. The lowest BCUT2D eigenvalue weighted by Crippen LogP contribution is -2.44. The molecule has 1 saturated heterocycles. The smallest absolute Gasteiger partial charge is 0.167 e. The van der Waals surface area contributed by atoms with Crippen LogP contribution in [0.3, 0.4) is 0 Å². The van der Waals surface area contributed by atoms with E-state index in [1.54, 1.807) is 16.8 Å². The van der Waals surface area contributed by atoms with Crippen LogP contribution in [-0.4, -0.2) is 61.4 Å². The number of fused-ring (bicyclic) bond motifs is 1. The predicted molar refractivity (Wildman–Crippen MR) is 85.6 cm³/mol. The van der Waals surface area contributed by atoms with Crippen LogP contribution in [0.25, 0.3) is 17.1 Å². The van der Waals surface area contributed by atoms with E-state index >= 15 is 0 Å². The number of nitrogens with two attached hydrogens (primary N) is 1. The summed E-state index contributed by atoms with van der Waals surface area (Å²) in [7, 11) is 1.52. The largest absolute Gasteiger partial charge is 0.504 e. The number of nitrogens with zero attached hydrogens (tertiary/aromatic N) is 3. The predicted octanol–water partition coefficient (Wildman–Crippen LogP) is -0.368. The molecule has 130 valence electrons. The second-order valence-corrected chi connectivity index (χ2v) is 5.87. The minimum atomic E-state index is -1.62. The molecule has 0 spiro atoms. The highest BCUT2D eigenvalue weighted by molar-refractivity contribution is 5.94. The van der Waals surface area contributed by atoms with Crippen molar-refractivity contribution in [2.24, 2.45) is 0 Å². The molecule has 4 atom stereocenters. The topological polar surface area (TPSA) is 136 Å². The van der Waals surface area contributed by atoms with Gasteiger partial charge < -0.3 is 35.1 Å². The summed E-state index contributed by atoms with van der Waals surface area (Å²) in [5, 5.41) is 30.8. The van der Waals surface area contributed by atoms with Crippen molar-refractivity contribution in [1.29, 1.82) is 0 Å². The van der Waals surface area contributed by atoms with Crippen LogP contribution < -0.4 is 5.73 Å². The Morgan fingerprint density at radius 2 is 2.25 bits per heavy atom. The molecule has 1 aliphatic rings. The van der Waals surface area contributed by atoms with Crippen molar-refractivity contribution in [3.63, 3.8) is 0 Å². The lowest BCUT2D eigenvalue weighted by Gasteiger charge is -2.27. The van der Waals surface area contributed by atoms with E-state index in [-0.39, 0.29) is 5.82 Å². The van der Waals surface area contributed by atoms with Crippen LogP contribution in [0.1, 0.15) is 18.7 Å². The van der Waals surface area contributed by atoms with Crippen molar-refractivity contribution >= 4 is 22.9 Å². The fourth-order valence-electron chi connectivity index (χ4n) is 2.97. The van der Waals surface area contributed by atoms with Crippen LogP contribution in [0.15, 0.2) is 18.8 Å². The van der Waals surface area contributed by atoms with Crippen LogP contribution in [0.4, 0.5) is 5.82 Å². The number of aliphatic hydroxyl groups is 3. The molecule has 0 saturated carbocycles. The van der Waals surface area contributed by atoms with Gasteiger partial charge in [-0.3, -0.25) is 0 Å². The summed E-state index contributed by atoms with van der Waals surface area (Å²) < 4.78 is 12.2. The zero-order valence-electron chi connectivity index (χ0n) is 13.3. The molecule has 2 aromatic rings. The molecule has 0 aromatic carbocycles. The lowest BCUT2D eigenvalue weighted by molar-refractivity contribution is -0.0948. The first kappa shape index (κ1) is 16.7. The number of rotatable bonds is 4. The second kappa shape index (κ2) is 6.02. The third kappa shape index (κ3) is 2.42. The molecule has 9 nitrogen and oxygen atoms in total. The van der Waals surface area contributed by atoms with Crippen LogP contribution >= 0.6 is 0 Å². The Morgan fingerprint density at radius 1 is 1.50 bits per heavy atom. The highest BCUT2D eigenvalue weighted by atomic mass is 16.6. The van der Waals surface area contributed by atoms with Gasteiger partial charge in [-0.2, -0.15) is 0 Å². The third-order valence-electron chi connectivity index (χ3n) is 4.24. The van der Waals surface area contributed by atoms with Crippen molar-refractivity contribution < 1.29 is 24.8 Å². The summed E-state index contributed by atoms with van der Waals surface area (Å²) in [6.07, 6.45) is 3.04. The molecule has 0 bridgehead atoms. The fraction of sp³-hybridized carbons (Fsp3) is 0.467. The van der Waals surface area contributed by atoms with Gasteiger partial charge in [0.05, 0.1) is 25.4 Å². The molecule has 24 heavy (non-hydrogen) atoms. The zero-order valence-corrected chi connectivity index (χ0v) is 13.3. The molecule has 1 fully saturated rings. The minimum Gasteiger partial charge on any atom is -0.504 e. The van der Waals surface area contributed by atoms with E-state index in [1.807, 2.05) is 0 Å². The van der Waals surface area contributed by atoms with Gasteiger partial charge in [0.1, 0.15) is 35.6 Å². The highest BCUT2D eigenvalue weighted by Crippen LogP contribution is 2.40. The van der Waals surface area contributed by atoms with Crippen LogP contribution in [-0.2, 0) is 9.47 Å². The molecular formula is C15H20N4O5. The van der Waals surface area contributed by atoms with Gasteiger partial charge in [0, 0.05) is 11.8 Å². The fourth-order valence-corrected chi connectivity index (χ4v) is 2.97. The molecule has 1 aliphatic heterocycles. The third-order valence-corrected chi connectivity index (χ3v) is 4.24. The average Bonchev–Trinajstić information content (AvgIpc) is 3.02. The molecule has 9 heteroatoms. The average molecular weight is 336 g/mol. The first-order valence-corrected chi connectivity index (χ1v) is 7.39. The number of aliphatic hydroxyl groups excluding tert-OH is 2. The Hall–Kier alpha value is -2.20. The summed E-state index contributed by atoms with van der Waals surface area (Å²) in [6, 6.07) is 0. The molecule has 0 radical (unpaired) electrons. The molecule has 5 N–H and O–H groups in total. The summed E-state index contributed by atoms with van der Waals surface area (Å²) in [4.78, 5) is 8.20. The van der Waals surface area contributed by atoms with Gasteiger partial charge in [0.2, 0.25) is 0 Å². The van der Waals surface area contributed by atoms with Crippen molar-refractivity contribution in [2.75, 3.05) is 19.5 Å². The van der Waals surface area contributed by atoms with Gasteiger partial charge in [-0.25, -0.2) is 9.97 Å². The van der Waals surface area contributed by atoms with E-state index in [2.05, 4.69) is 9.97 Å². The first-order valence-electron chi connectivity index (χ1n) is 7.39. The number of ether oxygens (including phenoxy) is 2. The number of methoxy groups -OCH3 is 1. The van der Waals surface area contributed by atoms with Gasteiger partial charge in [-0.05, 0) is 13.0 Å². The monoisotopic (exact) mass is 336 g/mol. The van der Waals surface area contributed by atoms with E-state index in [4.69, 9.17) is 15.2 Å². The maximum absolute atomic E-state index is 10.7. The molecule has 3 heterocycles. The quantitative estimate of drug-likeness (QED) is 0.555. The highest BCUT2D eigenvalue weighted by Gasteiger charge is 2.53. The minimum absolute atomic E-state index is 0.270. The van der Waals surface area contributed by atoms with E-state index in [1.165, 1.54) is 26.6 Å². The Bertz CT molecular complexity index is 773. The van der Waals surface area contributed by atoms with Gasteiger partial charge in [-0.15, -0.1) is 0 Å². The molecule has 3 rings (SSSR count). The Labute approximate surface area is 138 Å². The van der Waals surface area contributed by atoms with Gasteiger partial charge in [-0.1, -0.05) is 0 Å². The maximum atomic E-state index is 10.7. The van der Waals surface area contributed by atoms with Crippen LogP contribution in [0.5, 0.6) is 0 Å². The number of hydrogen-bond donors (Lipinski definition) is 4. The molecule has 3 unspecified atom stereocenters. The maximum Gasteiger partial charge on any atom is 0.167 e. The Morgan fingerprint density at radius 3 is 2.88 bits per heavy atom. The lowest BCUT2D eigenvalue weighted by atomic mass is 9.96. The van der Waals surface area contributed by atoms with Crippen molar-refractivity contribution in [3.8, 4) is 0 Å². The molecular weight excluding hydrogens is 316 g/mol. The molecule has 0 amide bonds. The first-order chi connectivity index (χ1) is 11.4. The summed E-state index contributed by atoms with van der Waals surface area (Å²) in [5.41, 5.74) is 5.45. The van der Waals surface area contributed by atoms with Crippen molar-refractivity contribution in [2.45, 2.75) is 31.0 Å². The standard InChI is InChI=1S/C15H20N4O5/c1-15(22)11(21)9(6-20)24-14(15)19-5-8(3-4-23-2)10-12(16)17-7-18-13(10)19/h3-5,7,9,11,14,20-22H,6H2,1-2H3,(H2,16,17,18)/b4-3-/t9?,11-,14?,15?/m1/s1. The van der Waals surface area contributed by atoms with E-state index in [9.17, 15) is 15.3 Å². The number of nitrogen functional groups attached to an aromatic ring is 1. The van der Waals surface area contributed by atoms with E-state index < -0.39 is 30.6 Å². The summed E-state index contributed by atoms with van der Waals surface area (Å²) in [6.45, 7) is 1.03. The summed E-state index contributed by atoms with van der Waals surface area (Å²) >= 11 is 0. The van der Waals surface area contributed by atoms with Gasteiger partial charge >= 0.3 is 0 Å². The number of aromatic nitrogens is 3. The number of anilines is 1. The number of hydrogen-bond acceptors (Lipinski definition) is 8. The van der Waals surface area contributed by atoms with Crippen molar-refractivity contribution in [1.82, 2.24) is 14.5 Å². The second-order valence-electron chi connectivity index (χ2n) is 5.87. The Kier molecular flexibility index (Phi) is 4.18. The van der Waals surface area contributed by atoms with Gasteiger partial charge in [0.15, 0.2) is 6.23 Å². The Balaban J connectivity index is 2.17. The zero-order chi connectivity index (χ0) is 17.5. The molecule has 2 aromatic heterocycles. The normalized spacial score (nSPS) is 30.5. The van der Waals surface area contributed by atoms with Gasteiger partial charge in [0.25, 0.3) is 0 Å². The molecule has 0 aliphatic carbocycles. The van der Waals surface area contributed by atoms with E-state index in [0.717, 1.165) is 0 Å². The van der Waals surface area contributed by atoms with Crippen molar-refractivity contribution in [3.05, 3.63) is 24.3 Å². The van der Waals surface area contributed by atoms with Crippen LogP contribution in [0.2, 0.25) is 0 Å². The summed E-state index contributed by atoms with van der Waals surface area (Å²) in [5.74, 6) is 0.270.